The van der Waals surface area contributed by atoms with E-state index in [1.807, 2.05) is 0 Å². The van der Waals surface area contributed by atoms with Crippen LogP contribution >= 0.6 is 8.25 Å². The standard InChI is InChI=1S/C72H122N9O29P/c1-46(85)77-58-64(94)61(91)52(40-82)108-68(58)104-32-17-9-5-13-27-73-55(88)24-36-101-43-72(80-67(97)50-21-22-51-49(39-50)23-31-81(51)71(98)76-30-16-8-12-20-35-107-111(99)100-4,44-102-37-25-56(89)74-28-14-6-10-18-33-105-69-59(78-47(2)86)65(95)62(92)53(41-83)109-69)45-103-38-26-57(90)75-29-15-7-11-19-34-106-70-60(79-48(3)87)66(96)63(93)54(42-84)110-70/h21-22,39,52-54,58-66,68-70,82-84,91-96H,5-20,23-38,40-45H2,1-4H3,(H7-,73,74,75,76,77,78,79,80,85,86,87,88,89,90,97,98)/p+1. The summed E-state index contributed by atoms with van der Waals surface area (Å²) in [5.41, 5.74) is 0.0702. The van der Waals surface area contributed by atoms with Crippen LogP contribution in [0.4, 0.5) is 10.5 Å². The molecule has 4 heterocycles. The molecule has 634 valence electrons. The van der Waals surface area contributed by atoms with Crippen molar-refractivity contribution in [2.24, 2.45) is 0 Å². The third kappa shape index (κ3) is 34.6. The van der Waals surface area contributed by atoms with E-state index in [4.69, 9.17) is 47.2 Å². The summed E-state index contributed by atoms with van der Waals surface area (Å²) < 4.78 is 74.0. The first kappa shape index (κ1) is 95.7. The quantitative estimate of drug-likeness (QED) is 0.0254. The van der Waals surface area contributed by atoms with Crippen molar-refractivity contribution < 1.29 is 141 Å². The summed E-state index contributed by atoms with van der Waals surface area (Å²) in [5, 5.41) is 114. The SMILES string of the molecule is CO[P+](=O)OCCCCCCNC(=O)N1CCc2cc(C(=O)NC(COCCC(=O)NCCCCCCOC3OC(CO)C(O)C(O)C3NC(C)=O)(COCCC(=O)NCCCCCCOC3OC(CO)C(O)C(O)C3NC(C)=O)COCCC(=O)NCCCCCCOC3OC(CO)C(O)C(O)C3NC(C)=O)ccc21. The number of ether oxygens (including phenoxy) is 9. The molecule has 5 rings (SSSR count). The Bertz CT molecular complexity index is 2750. The van der Waals surface area contributed by atoms with Crippen molar-refractivity contribution in [1.82, 2.24) is 42.5 Å². The molecule has 3 fully saturated rings. The average Bonchev–Trinajstić information content (AvgIpc) is 1.76. The predicted molar refractivity (Wildman–Crippen MR) is 395 cm³/mol. The topological polar surface area (TPSA) is 537 Å². The minimum absolute atomic E-state index is 0.0888. The molecule has 38 nitrogen and oxygen atoms in total. The van der Waals surface area contributed by atoms with E-state index in [-0.39, 0.29) is 108 Å². The number of aliphatic hydroxyl groups is 9. The van der Waals surface area contributed by atoms with Gasteiger partial charge < -0.3 is 131 Å². The van der Waals surface area contributed by atoms with Gasteiger partial charge in [0.05, 0.1) is 66.6 Å². The number of nitrogens with zero attached hydrogens (tertiary/aromatic N) is 1. The molecule has 0 bridgehead atoms. The van der Waals surface area contributed by atoms with Crippen LogP contribution in [0.3, 0.4) is 0 Å². The number of fused-ring (bicyclic) bond motifs is 1. The summed E-state index contributed by atoms with van der Waals surface area (Å²) in [6.45, 7) is 3.37. The summed E-state index contributed by atoms with van der Waals surface area (Å²) in [4.78, 5) is 105. The molecule has 9 amide bonds. The van der Waals surface area contributed by atoms with E-state index in [9.17, 15) is 88.9 Å². The minimum Gasteiger partial charge on any atom is -0.394 e. The second-order valence-electron chi connectivity index (χ2n) is 28.0. The molecule has 111 heavy (non-hydrogen) atoms. The highest BCUT2D eigenvalue weighted by molar-refractivity contribution is 7.33. The largest absolute Gasteiger partial charge is 0.697 e. The number of carbonyl (C=O) groups is 8. The highest BCUT2D eigenvalue weighted by Gasteiger charge is 2.48. The van der Waals surface area contributed by atoms with Crippen LogP contribution in [0.15, 0.2) is 18.2 Å². The summed E-state index contributed by atoms with van der Waals surface area (Å²) in [5.74, 6) is -2.97. The number of hydrogen-bond acceptors (Lipinski definition) is 29. The lowest BCUT2D eigenvalue weighted by Crippen LogP contribution is -2.64. The number of benzene rings is 1. The molecule has 39 heteroatoms. The maximum Gasteiger partial charge on any atom is 0.697 e. The van der Waals surface area contributed by atoms with Crippen molar-refractivity contribution in [2.45, 2.75) is 247 Å². The molecule has 4 aliphatic heterocycles. The summed E-state index contributed by atoms with van der Waals surface area (Å²) >= 11 is 0. The summed E-state index contributed by atoms with van der Waals surface area (Å²) in [6, 6.07) is 1.46. The van der Waals surface area contributed by atoms with Crippen molar-refractivity contribution in [2.75, 3.05) is 131 Å². The first-order valence-corrected chi connectivity index (χ1v) is 39.7. The zero-order chi connectivity index (χ0) is 81.1. The van der Waals surface area contributed by atoms with Crippen molar-refractivity contribution in [3.8, 4) is 0 Å². The van der Waals surface area contributed by atoms with E-state index < -0.39 is 149 Å². The van der Waals surface area contributed by atoms with Crippen LogP contribution in [0.25, 0.3) is 0 Å². The zero-order valence-corrected chi connectivity index (χ0v) is 65.2. The molecular formula is C72H123N9O29P+. The van der Waals surface area contributed by atoms with Gasteiger partial charge in [-0.25, -0.2) is 4.79 Å². The van der Waals surface area contributed by atoms with E-state index in [1.54, 1.807) is 23.1 Å². The smallest absolute Gasteiger partial charge is 0.394 e. The van der Waals surface area contributed by atoms with Crippen molar-refractivity contribution >= 4 is 61.3 Å². The Morgan fingerprint density at radius 3 is 1.18 bits per heavy atom. The number of urea groups is 1. The van der Waals surface area contributed by atoms with E-state index in [0.29, 0.717) is 141 Å². The van der Waals surface area contributed by atoms with E-state index >= 15 is 0 Å². The molecule has 3 saturated heterocycles. The number of unbranched alkanes of at least 4 members (excludes halogenated alkanes) is 12. The first-order chi connectivity index (χ1) is 53.3. The lowest BCUT2D eigenvalue weighted by atomic mass is 9.97. The molecule has 17 N–H and O–H groups in total. The van der Waals surface area contributed by atoms with Crippen LogP contribution < -0.4 is 47.4 Å². The number of amides is 9. The van der Waals surface area contributed by atoms with Crippen LogP contribution in [0.1, 0.15) is 159 Å². The molecule has 0 saturated carbocycles. The highest BCUT2D eigenvalue weighted by Crippen LogP contribution is 2.31. The lowest BCUT2D eigenvalue weighted by molar-refractivity contribution is -0.270. The number of carbonyl (C=O) groups excluding carboxylic acids is 8. The monoisotopic (exact) mass is 1610 g/mol. The number of hydrogen-bond donors (Lipinski definition) is 17. The fourth-order valence-corrected chi connectivity index (χ4v) is 13.2. The maximum atomic E-state index is 14.7. The third-order valence-electron chi connectivity index (χ3n) is 18.9. The molecule has 0 aliphatic carbocycles. The molecule has 16 atom stereocenters. The molecule has 1 aromatic rings. The Hall–Kier alpha value is -5.92. The van der Waals surface area contributed by atoms with Gasteiger partial charge in [0.2, 0.25) is 35.4 Å². The van der Waals surface area contributed by atoms with Gasteiger partial charge in [-0.2, -0.15) is 0 Å². The minimum atomic E-state index is -2.13. The summed E-state index contributed by atoms with van der Waals surface area (Å²) in [6.07, 6.45) is -4.64. The van der Waals surface area contributed by atoms with E-state index in [2.05, 4.69) is 47.1 Å². The van der Waals surface area contributed by atoms with E-state index in [1.165, 1.54) is 27.9 Å². The predicted octanol–water partition coefficient (Wildman–Crippen LogP) is -1.76. The van der Waals surface area contributed by atoms with Crippen LogP contribution in [-0.4, -0.2) is 317 Å². The van der Waals surface area contributed by atoms with Crippen molar-refractivity contribution in [3.05, 3.63) is 29.3 Å². The van der Waals surface area contributed by atoms with Gasteiger partial charge in [-0.1, -0.05) is 51.4 Å². The first-order valence-electron chi connectivity index (χ1n) is 38.6. The number of nitrogens with one attached hydrogen (secondary N) is 8. The van der Waals surface area contributed by atoms with Gasteiger partial charge in [0.1, 0.15) is 85.2 Å². The Morgan fingerprint density at radius 2 is 0.829 bits per heavy atom. The second-order valence-corrected chi connectivity index (χ2v) is 29.0. The van der Waals surface area contributed by atoms with Gasteiger partial charge in [0.25, 0.3) is 5.91 Å². The Kier molecular flexibility index (Phi) is 45.9. The van der Waals surface area contributed by atoms with Crippen LogP contribution in [0.2, 0.25) is 0 Å². The van der Waals surface area contributed by atoms with Crippen LogP contribution in [0.5, 0.6) is 0 Å². The second kappa shape index (κ2) is 53.3. The third-order valence-corrected chi connectivity index (χ3v) is 19.6. The Balaban J connectivity index is 1.19. The van der Waals surface area contributed by atoms with Crippen LogP contribution in [0, 0.1) is 0 Å². The van der Waals surface area contributed by atoms with Gasteiger partial charge in [0, 0.05) is 108 Å². The molecule has 16 unspecified atom stereocenters. The van der Waals surface area contributed by atoms with Crippen molar-refractivity contribution in [3.63, 3.8) is 0 Å². The molecule has 0 radical (unpaired) electrons. The summed E-state index contributed by atoms with van der Waals surface area (Å²) in [7, 11) is -0.832. The molecule has 1 aromatic carbocycles. The lowest BCUT2D eigenvalue weighted by Gasteiger charge is -2.42. The molecule has 0 spiro atoms. The van der Waals surface area contributed by atoms with Gasteiger partial charge in [-0.3, -0.25) is 38.5 Å². The average molecular weight is 1610 g/mol. The van der Waals surface area contributed by atoms with Crippen molar-refractivity contribution in [1.29, 1.82) is 0 Å². The Labute approximate surface area is 648 Å². The van der Waals surface area contributed by atoms with Gasteiger partial charge in [0.15, 0.2) is 18.9 Å². The zero-order valence-electron chi connectivity index (χ0n) is 64.3. The number of rotatable bonds is 56. The number of aliphatic hydroxyl groups excluding tert-OH is 9. The molecular weight excluding hydrogens is 1490 g/mol. The fraction of sp³-hybridized carbons (Fsp3) is 0.806. The maximum absolute atomic E-state index is 14.7. The molecule has 4 aliphatic rings. The van der Waals surface area contributed by atoms with Gasteiger partial charge >= 0.3 is 14.3 Å². The molecule has 0 aromatic heterocycles. The Morgan fingerprint density at radius 1 is 0.477 bits per heavy atom. The number of anilines is 1. The van der Waals surface area contributed by atoms with E-state index in [0.717, 1.165) is 18.4 Å². The highest BCUT2D eigenvalue weighted by atomic mass is 31.1. The normalized spacial score (nSPS) is 25.0. The fourth-order valence-electron chi connectivity index (χ4n) is 12.8. The van der Waals surface area contributed by atoms with Gasteiger partial charge in [-0.05, 0) is 81.5 Å². The van der Waals surface area contributed by atoms with Crippen LogP contribution in [-0.2, 0) is 91.4 Å². The van der Waals surface area contributed by atoms with Gasteiger partial charge in [-0.15, -0.1) is 9.05 Å².